The summed E-state index contributed by atoms with van der Waals surface area (Å²) in [6.07, 6.45) is 8.11. The molecule has 0 spiro atoms. The zero-order valence-electron chi connectivity index (χ0n) is 9.24. The van der Waals surface area contributed by atoms with E-state index < -0.39 is 0 Å². The lowest BCUT2D eigenvalue weighted by Crippen LogP contribution is -2.40. The van der Waals surface area contributed by atoms with Crippen LogP contribution in [0.1, 0.15) is 45.4 Å². The van der Waals surface area contributed by atoms with Crippen molar-refractivity contribution >= 4 is 0 Å². The van der Waals surface area contributed by atoms with Crippen molar-refractivity contribution in [1.82, 2.24) is 0 Å². The Morgan fingerprint density at radius 2 is 1.86 bits per heavy atom. The van der Waals surface area contributed by atoms with E-state index in [1.165, 1.54) is 38.5 Å². The highest BCUT2D eigenvalue weighted by molar-refractivity contribution is 4.95. The maximum Gasteiger partial charge on any atom is 0.0581 e. The van der Waals surface area contributed by atoms with E-state index >= 15 is 0 Å². The molecule has 0 aliphatic heterocycles. The van der Waals surface area contributed by atoms with Crippen LogP contribution in [0.4, 0.5) is 0 Å². The number of ether oxygens (including phenoxy) is 1. The average molecular weight is 197 g/mol. The van der Waals surface area contributed by atoms with Gasteiger partial charge in [-0.25, -0.2) is 0 Å². The quantitative estimate of drug-likeness (QED) is 0.702. The minimum atomic E-state index is 0.487. The number of unbranched alkanes of at least 4 members (excludes halogenated alkanes) is 1. The predicted molar refractivity (Wildman–Crippen MR) is 58.1 cm³/mol. The first kappa shape index (κ1) is 10.4. The van der Waals surface area contributed by atoms with Crippen molar-refractivity contribution in [3.05, 3.63) is 0 Å². The van der Waals surface area contributed by atoms with Gasteiger partial charge >= 0.3 is 0 Å². The van der Waals surface area contributed by atoms with Crippen LogP contribution in [0, 0.1) is 11.8 Å². The van der Waals surface area contributed by atoms with Gasteiger partial charge in [0.2, 0.25) is 0 Å². The molecular formula is C12H23NO. The summed E-state index contributed by atoms with van der Waals surface area (Å²) in [5, 5.41) is 0. The Morgan fingerprint density at radius 1 is 1.21 bits per heavy atom. The Hall–Kier alpha value is -0.0800. The molecule has 2 aliphatic carbocycles. The SMILES string of the molecule is CCCCOC1C[C@H]2CC[C@@H](C1)C2N. The zero-order chi connectivity index (χ0) is 9.97. The second kappa shape index (κ2) is 4.63. The van der Waals surface area contributed by atoms with Gasteiger partial charge in [-0.1, -0.05) is 13.3 Å². The maximum absolute atomic E-state index is 6.15. The minimum Gasteiger partial charge on any atom is -0.378 e. The summed E-state index contributed by atoms with van der Waals surface area (Å²) in [6.45, 7) is 3.17. The highest BCUT2D eigenvalue weighted by Gasteiger charge is 2.40. The molecule has 0 amide bonds. The number of hydrogen-bond acceptors (Lipinski definition) is 2. The molecule has 4 atom stereocenters. The summed E-state index contributed by atoms with van der Waals surface area (Å²) >= 11 is 0. The van der Waals surface area contributed by atoms with Crippen LogP contribution in [-0.2, 0) is 4.74 Å². The molecule has 0 aromatic rings. The third kappa shape index (κ3) is 2.12. The Kier molecular flexibility index (Phi) is 3.45. The Balaban J connectivity index is 1.76. The molecule has 0 saturated heterocycles. The fourth-order valence-corrected chi connectivity index (χ4v) is 3.05. The predicted octanol–water partition coefficient (Wildman–Crippen LogP) is 2.32. The van der Waals surface area contributed by atoms with E-state index in [9.17, 15) is 0 Å². The van der Waals surface area contributed by atoms with Gasteiger partial charge in [0.25, 0.3) is 0 Å². The van der Waals surface area contributed by atoms with Crippen molar-refractivity contribution < 1.29 is 4.74 Å². The first-order chi connectivity index (χ1) is 6.81. The lowest BCUT2D eigenvalue weighted by Gasteiger charge is -2.32. The van der Waals surface area contributed by atoms with Crippen LogP contribution in [0.2, 0.25) is 0 Å². The lowest BCUT2D eigenvalue weighted by atomic mass is 9.83. The number of rotatable bonds is 4. The standard InChI is InChI=1S/C12H23NO/c1-2-3-6-14-11-7-9-4-5-10(8-11)12(9)13/h9-12H,2-8,13H2,1H3/t9-,10+,11?,12?. The van der Waals surface area contributed by atoms with Gasteiger partial charge in [-0.3, -0.25) is 0 Å². The smallest absolute Gasteiger partial charge is 0.0581 e. The van der Waals surface area contributed by atoms with Crippen molar-refractivity contribution in [2.75, 3.05) is 6.61 Å². The highest BCUT2D eigenvalue weighted by atomic mass is 16.5. The van der Waals surface area contributed by atoms with Gasteiger partial charge in [-0.2, -0.15) is 0 Å². The third-order valence-electron chi connectivity index (χ3n) is 3.98. The van der Waals surface area contributed by atoms with E-state index in [1.54, 1.807) is 0 Å². The third-order valence-corrected chi connectivity index (χ3v) is 3.98. The van der Waals surface area contributed by atoms with Gasteiger partial charge in [-0.15, -0.1) is 0 Å². The van der Waals surface area contributed by atoms with Crippen molar-refractivity contribution in [3.8, 4) is 0 Å². The topological polar surface area (TPSA) is 35.2 Å². The number of hydrogen-bond donors (Lipinski definition) is 1. The molecule has 2 nitrogen and oxygen atoms in total. The van der Waals surface area contributed by atoms with Crippen LogP contribution in [0.25, 0.3) is 0 Å². The molecule has 0 aromatic heterocycles. The van der Waals surface area contributed by atoms with Gasteiger partial charge in [0.05, 0.1) is 6.10 Å². The normalized spacial score (nSPS) is 41.6. The van der Waals surface area contributed by atoms with Crippen molar-refractivity contribution in [3.63, 3.8) is 0 Å². The summed E-state index contributed by atoms with van der Waals surface area (Å²) in [7, 11) is 0. The average Bonchev–Trinajstić information content (AvgIpc) is 2.41. The van der Waals surface area contributed by atoms with E-state index in [4.69, 9.17) is 10.5 Å². The van der Waals surface area contributed by atoms with Gasteiger partial charge in [0, 0.05) is 12.6 Å². The fraction of sp³-hybridized carbons (Fsp3) is 1.00. The van der Waals surface area contributed by atoms with Gasteiger partial charge in [-0.05, 0) is 43.9 Å². The molecule has 0 aromatic carbocycles. The Labute approximate surface area is 87.2 Å². The van der Waals surface area contributed by atoms with Crippen molar-refractivity contribution in [2.24, 2.45) is 17.6 Å². The van der Waals surface area contributed by atoms with E-state index in [0.29, 0.717) is 12.1 Å². The second-order valence-corrected chi connectivity index (χ2v) is 4.99. The molecule has 2 fully saturated rings. The van der Waals surface area contributed by atoms with Gasteiger partial charge < -0.3 is 10.5 Å². The van der Waals surface area contributed by atoms with E-state index in [1.807, 2.05) is 0 Å². The first-order valence-electron chi connectivity index (χ1n) is 6.18. The molecule has 2 N–H and O–H groups in total. The van der Waals surface area contributed by atoms with Crippen LogP contribution in [0.5, 0.6) is 0 Å². The van der Waals surface area contributed by atoms with E-state index in [-0.39, 0.29) is 0 Å². The lowest BCUT2D eigenvalue weighted by molar-refractivity contribution is 0.00298. The van der Waals surface area contributed by atoms with E-state index in [0.717, 1.165) is 18.4 Å². The van der Waals surface area contributed by atoms with Crippen LogP contribution in [0.3, 0.4) is 0 Å². The largest absolute Gasteiger partial charge is 0.378 e. The number of fused-ring (bicyclic) bond motifs is 2. The summed E-state index contributed by atoms with van der Waals surface area (Å²) in [4.78, 5) is 0. The maximum atomic E-state index is 6.15. The summed E-state index contributed by atoms with van der Waals surface area (Å²) in [5.41, 5.74) is 6.15. The van der Waals surface area contributed by atoms with E-state index in [2.05, 4.69) is 6.92 Å². The van der Waals surface area contributed by atoms with Crippen LogP contribution in [0.15, 0.2) is 0 Å². The molecular weight excluding hydrogens is 174 g/mol. The molecule has 14 heavy (non-hydrogen) atoms. The van der Waals surface area contributed by atoms with Crippen LogP contribution in [-0.4, -0.2) is 18.8 Å². The van der Waals surface area contributed by atoms with Gasteiger partial charge in [0.15, 0.2) is 0 Å². The molecule has 0 heterocycles. The summed E-state index contributed by atoms with van der Waals surface area (Å²) in [6, 6.07) is 0.487. The molecule has 2 aliphatic rings. The zero-order valence-corrected chi connectivity index (χ0v) is 9.24. The molecule has 2 bridgehead atoms. The second-order valence-electron chi connectivity index (χ2n) is 4.99. The van der Waals surface area contributed by atoms with Crippen LogP contribution < -0.4 is 5.73 Å². The summed E-state index contributed by atoms with van der Waals surface area (Å²) in [5.74, 6) is 1.53. The van der Waals surface area contributed by atoms with Crippen molar-refractivity contribution in [2.45, 2.75) is 57.6 Å². The monoisotopic (exact) mass is 197 g/mol. The Bertz CT molecular complexity index is 169. The minimum absolute atomic E-state index is 0.487. The highest BCUT2D eigenvalue weighted by Crippen LogP contribution is 2.42. The molecule has 0 radical (unpaired) electrons. The fourth-order valence-electron chi connectivity index (χ4n) is 3.05. The summed E-state index contributed by atoms with van der Waals surface area (Å²) < 4.78 is 5.90. The molecule has 2 unspecified atom stereocenters. The Morgan fingerprint density at radius 3 is 2.43 bits per heavy atom. The first-order valence-corrected chi connectivity index (χ1v) is 6.18. The van der Waals surface area contributed by atoms with Crippen LogP contribution >= 0.6 is 0 Å². The van der Waals surface area contributed by atoms with Crippen molar-refractivity contribution in [1.29, 1.82) is 0 Å². The molecule has 2 heteroatoms. The molecule has 2 rings (SSSR count). The molecule has 82 valence electrons. The molecule has 2 saturated carbocycles. The van der Waals surface area contributed by atoms with Gasteiger partial charge in [0.1, 0.15) is 0 Å². The number of nitrogens with two attached hydrogens (primary N) is 1.